The second-order valence-electron chi connectivity index (χ2n) is 6.64. The van der Waals surface area contributed by atoms with Gasteiger partial charge >= 0.3 is 5.97 Å². The molecule has 0 bridgehead atoms. The normalized spacial score (nSPS) is 16.7. The zero-order valence-electron chi connectivity index (χ0n) is 13.7. The Hall–Kier alpha value is -2.29. The Morgan fingerprint density at radius 3 is 2.61 bits per heavy atom. The second-order valence-corrected chi connectivity index (χ2v) is 6.64. The molecule has 0 saturated heterocycles. The monoisotopic (exact) mass is 309 g/mol. The molecule has 0 saturated carbocycles. The molecule has 120 valence electrons. The van der Waals surface area contributed by atoms with Gasteiger partial charge in [0.2, 0.25) is 0 Å². The zero-order valence-corrected chi connectivity index (χ0v) is 13.7. The smallest absolute Gasteiger partial charge is 0.337 e. The topological polar surface area (TPSA) is 49.3 Å². The Morgan fingerprint density at radius 1 is 1.22 bits per heavy atom. The largest absolute Gasteiger partial charge is 0.478 e. The maximum atomic E-state index is 11.7. The molecule has 2 aromatic carbocycles. The molecular weight excluding hydrogens is 286 g/mol. The van der Waals surface area contributed by atoms with E-state index in [0.717, 1.165) is 36.2 Å². The van der Waals surface area contributed by atoms with Crippen molar-refractivity contribution in [3.8, 4) is 0 Å². The van der Waals surface area contributed by atoms with Crippen molar-refractivity contribution < 1.29 is 9.90 Å². The molecule has 0 amide bonds. The van der Waals surface area contributed by atoms with Crippen LogP contribution in [0.1, 0.15) is 53.2 Å². The van der Waals surface area contributed by atoms with Gasteiger partial charge < -0.3 is 10.4 Å². The number of benzene rings is 2. The first kappa shape index (κ1) is 15.6. The molecule has 1 aliphatic heterocycles. The van der Waals surface area contributed by atoms with Crippen LogP contribution in [0.25, 0.3) is 0 Å². The standard InChI is InChI=1S/C20H23NO2/c1-13(2)16-8-9-21-19-17(16)11-15(12-18(19)20(22)23)10-14-6-4-3-5-7-14/h3-7,11-13,16,21H,8-10H2,1-2H3,(H,22,23). The molecule has 3 heteroatoms. The van der Waals surface area contributed by atoms with Crippen molar-refractivity contribution in [2.24, 2.45) is 5.92 Å². The number of carboxylic acids is 1. The van der Waals surface area contributed by atoms with E-state index < -0.39 is 5.97 Å². The summed E-state index contributed by atoms with van der Waals surface area (Å²) < 4.78 is 0. The van der Waals surface area contributed by atoms with Gasteiger partial charge in [0.25, 0.3) is 0 Å². The van der Waals surface area contributed by atoms with Crippen molar-refractivity contribution in [1.29, 1.82) is 0 Å². The highest BCUT2D eigenvalue weighted by Gasteiger charge is 2.27. The van der Waals surface area contributed by atoms with Crippen LogP contribution in [0.4, 0.5) is 5.69 Å². The van der Waals surface area contributed by atoms with E-state index in [0.29, 0.717) is 17.4 Å². The van der Waals surface area contributed by atoms with Crippen LogP contribution in [0.15, 0.2) is 42.5 Å². The zero-order chi connectivity index (χ0) is 16.4. The molecule has 3 nitrogen and oxygen atoms in total. The van der Waals surface area contributed by atoms with Crippen molar-refractivity contribution in [2.45, 2.75) is 32.6 Å². The second kappa shape index (κ2) is 6.45. The highest BCUT2D eigenvalue weighted by molar-refractivity contribution is 5.95. The first-order valence-electron chi connectivity index (χ1n) is 8.24. The Morgan fingerprint density at radius 2 is 1.96 bits per heavy atom. The molecule has 0 aromatic heterocycles. The van der Waals surface area contributed by atoms with Crippen molar-refractivity contribution in [3.05, 3.63) is 64.7 Å². The van der Waals surface area contributed by atoms with Crippen LogP contribution in [0.5, 0.6) is 0 Å². The molecule has 0 radical (unpaired) electrons. The average Bonchev–Trinajstić information content (AvgIpc) is 2.54. The van der Waals surface area contributed by atoms with Crippen molar-refractivity contribution in [2.75, 3.05) is 11.9 Å². The van der Waals surface area contributed by atoms with Crippen LogP contribution in [0, 0.1) is 5.92 Å². The van der Waals surface area contributed by atoms with E-state index in [-0.39, 0.29) is 0 Å². The number of anilines is 1. The molecule has 1 aliphatic rings. The minimum Gasteiger partial charge on any atom is -0.478 e. The van der Waals surface area contributed by atoms with Crippen LogP contribution in [-0.2, 0) is 6.42 Å². The summed E-state index contributed by atoms with van der Waals surface area (Å²) in [5, 5.41) is 12.9. The highest BCUT2D eigenvalue weighted by Crippen LogP contribution is 2.39. The van der Waals surface area contributed by atoms with E-state index in [2.05, 4.69) is 37.4 Å². The molecule has 1 heterocycles. The first-order valence-corrected chi connectivity index (χ1v) is 8.24. The van der Waals surface area contributed by atoms with Gasteiger partial charge in [-0.1, -0.05) is 50.2 Å². The minimum absolute atomic E-state index is 0.402. The van der Waals surface area contributed by atoms with Crippen LogP contribution in [0.3, 0.4) is 0 Å². The number of rotatable bonds is 4. The number of hydrogen-bond acceptors (Lipinski definition) is 2. The third kappa shape index (κ3) is 3.24. The molecular formula is C20H23NO2. The Labute approximate surface area is 137 Å². The number of carboxylic acid groups (broad SMARTS) is 1. The van der Waals surface area contributed by atoms with Gasteiger partial charge in [-0.2, -0.15) is 0 Å². The summed E-state index contributed by atoms with van der Waals surface area (Å²) in [6.45, 7) is 5.27. The number of carbonyl (C=O) groups is 1. The maximum absolute atomic E-state index is 11.7. The van der Waals surface area contributed by atoms with Gasteiger partial charge in [0, 0.05) is 6.54 Å². The Bertz CT molecular complexity index is 707. The Kier molecular flexibility index (Phi) is 4.37. The van der Waals surface area contributed by atoms with Gasteiger partial charge in [-0.05, 0) is 47.4 Å². The van der Waals surface area contributed by atoms with Gasteiger partial charge in [0.15, 0.2) is 0 Å². The lowest BCUT2D eigenvalue weighted by atomic mass is 9.80. The number of hydrogen-bond donors (Lipinski definition) is 2. The van der Waals surface area contributed by atoms with Gasteiger partial charge in [-0.3, -0.25) is 0 Å². The summed E-state index contributed by atoms with van der Waals surface area (Å²) in [4.78, 5) is 11.7. The first-order chi connectivity index (χ1) is 11.1. The molecule has 1 unspecified atom stereocenters. The van der Waals surface area contributed by atoms with E-state index in [1.807, 2.05) is 24.3 Å². The van der Waals surface area contributed by atoms with E-state index in [1.165, 1.54) is 5.56 Å². The number of fused-ring (bicyclic) bond motifs is 1. The predicted molar refractivity (Wildman–Crippen MR) is 93.3 cm³/mol. The van der Waals surface area contributed by atoms with E-state index in [9.17, 15) is 9.90 Å². The molecule has 2 aromatic rings. The predicted octanol–water partition coefficient (Wildman–Crippen LogP) is 4.53. The van der Waals surface area contributed by atoms with Gasteiger partial charge in [0.05, 0.1) is 11.3 Å². The van der Waals surface area contributed by atoms with E-state index in [1.54, 1.807) is 0 Å². The van der Waals surface area contributed by atoms with Crippen molar-refractivity contribution in [1.82, 2.24) is 0 Å². The van der Waals surface area contributed by atoms with Crippen LogP contribution >= 0.6 is 0 Å². The lowest BCUT2D eigenvalue weighted by Crippen LogP contribution is -2.23. The summed E-state index contributed by atoms with van der Waals surface area (Å²) in [6, 6.07) is 14.2. The Balaban J connectivity index is 2.06. The number of aromatic carboxylic acids is 1. The fourth-order valence-corrected chi connectivity index (χ4v) is 3.52. The van der Waals surface area contributed by atoms with Gasteiger partial charge in [-0.15, -0.1) is 0 Å². The fourth-order valence-electron chi connectivity index (χ4n) is 3.52. The molecule has 3 rings (SSSR count). The lowest BCUT2D eigenvalue weighted by molar-refractivity contribution is 0.0697. The summed E-state index contributed by atoms with van der Waals surface area (Å²) in [6.07, 6.45) is 1.82. The van der Waals surface area contributed by atoms with Crippen LogP contribution < -0.4 is 5.32 Å². The van der Waals surface area contributed by atoms with Gasteiger partial charge in [0.1, 0.15) is 0 Å². The van der Waals surface area contributed by atoms with E-state index in [4.69, 9.17) is 0 Å². The van der Waals surface area contributed by atoms with Crippen LogP contribution in [-0.4, -0.2) is 17.6 Å². The molecule has 1 atom stereocenters. The summed E-state index contributed by atoms with van der Waals surface area (Å²) in [5.41, 5.74) is 4.66. The van der Waals surface area contributed by atoms with Crippen LogP contribution in [0.2, 0.25) is 0 Å². The molecule has 0 fully saturated rings. The molecule has 0 spiro atoms. The van der Waals surface area contributed by atoms with E-state index >= 15 is 0 Å². The SMILES string of the molecule is CC(C)C1CCNc2c(C(=O)O)cc(Cc3ccccc3)cc21. The molecule has 0 aliphatic carbocycles. The third-order valence-electron chi connectivity index (χ3n) is 4.67. The minimum atomic E-state index is -0.854. The summed E-state index contributed by atoms with van der Waals surface area (Å²) >= 11 is 0. The third-order valence-corrected chi connectivity index (χ3v) is 4.67. The summed E-state index contributed by atoms with van der Waals surface area (Å²) in [5.74, 6) is 0.0672. The molecule has 23 heavy (non-hydrogen) atoms. The van der Waals surface area contributed by atoms with Crippen molar-refractivity contribution >= 4 is 11.7 Å². The highest BCUT2D eigenvalue weighted by atomic mass is 16.4. The quantitative estimate of drug-likeness (QED) is 0.872. The maximum Gasteiger partial charge on any atom is 0.337 e. The van der Waals surface area contributed by atoms with Crippen molar-refractivity contribution in [3.63, 3.8) is 0 Å². The average molecular weight is 309 g/mol. The lowest BCUT2D eigenvalue weighted by Gasteiger charge is -2.31. The number of nitrogens with one attached hydrogen (secondary N) is 1. The molecule has 2 N–H and O–H groups in total. The fraction of sp³-hybridized carbons (Fsp3) is 0.350. The van der Waals surface area contributed by atoms with Gasteiger partial charge in [-0.25, -0.2) is 4.79 Å². The summed E-state index contributed by atoms with van der Waals surface area (Å²) in [7, 11) is 0.